The van der Waals surface area contributed by atoms with Crippen molar-refractivity contribution in [1.29, 1.82) is 5.26 Å². The van der Waals surface area contributed by atoms with Gasteiger partial charge in [0.15, 0.2) is 0 Å². The van der Waals surface area contributed by atoms with Crippen molar-refractivity contribution in [2.45, 2.75) is 84.3 Å². The quantitative estimate of drug-likeness (QED) is 0.548. The van der Waals surface area contributed by atoms with Crippen molar-refractivity contribution in [3.05, 3.63) is 11.6 Å². The predicted octanol–water partition coefficient (Wildman–Crippen LogP) is 4.38. The number of fused-ring (bicyclic) bond motifs is 5. The normalized spacial score (nSPS) is 50.3. The first-order valence-electron chi connectivity index (χ1n) is 10.7. The smallest absolute Gasteiger partial charge is 0.302 e. The first-order valence-corrected chi connectivity index (χ1v) is 10.7. The molecule has 0 spiro atoms. The molecule has 0 aliphatic heterocycles. The Morgan fingerprint density at radius 1 is 1.19 bits per heavy atom. The summed E-state index contributed by atoms with van der Waals surface area (Å²) < 4.78 is 5.86. The number of carbonyl (C=O) groups excluding carboxylic acids is 1. The Morgan fingerprint density at radius 3 is 2.67 bits per heavy atom. The lowest BCUT2D eigenvalue weighted by Gasteiger charge is -2.62. The van der Waals surface area contributed by atoms with E-state index in [4.69, 9.17) is 4.74 Å². The summed E-state index contributed by atoms with van der Waals surface area (Å²) in [6.07, 6.45) is 9.60. The predicted molar refractivity (Wildman–Crippen MR) is 102 cm³/mol. The third-order valence-corrected chi connectivity index (χ3v) is 9.03. The molecule has 4 heteroatoms. The minimum atomic E-state index is -0.261. The van der Waals surface area contributed by atoms with Crippen LogP contribution < -0.4 is 0 Å². The summed E-state index contributed by atoms with van der Waals surface area (Å²) in [5.74, 6) is 1.84. The molecular formula is C23H33NO3. The van der Waals surface area contributed by atoms with Gasteiger partial charge in [0, 0.05) is 18.9 Å². The van der Waals surface area contributed by atoms with Gasteiger partial charge in [-0.25, -0.2) is 0 Å². The average molecular weight is 372 g/mol. The number of hydrogen-bond donors (Lipinski definition) is 1. The standard InChI is InChI=1S/C23H33NO3/c1-14(25)27-21-13-17-18-5-4-15(8-11-24)22(18,2)10-7-19(17)23(3)9-6-16(26)12-20(21)23/h8,16-21,26H,4-7,9-10,12-13H2,1-3H3/t16-,17+,18+,19+,20-,21+,22-,23-/m1/s1. The highest BCUT2D eigenvalue weighted by Crippen LogP contribution is 2.67. The monoisotopic (exact) mass is 371 g/mol. The van der Waals surface area contributed by atoms with Gasteiger partial charge in [-0.3, -0.25) is 4.79 Å². The zero-order valence-electron chi connectivity index (χ0n) is 16.9. The van der Waals surface area contributed by atoms with Crippen LogP contribution in [0.15, 0.2) is 11.6 Å². The van der Waals surface area contributed by atoms with E-state index in [1.165, 1.54) is 18.9 Å². The SMILES string of the molecule is CC(=O)O[C@H]1C[C@@H]2[C@H](CC[C@]3(C)C(=CC#N)CC[C@@H]23)[C@@]2(C)CC[C@@H](O)C[C@H]12. The largest absolute Gasteiger partial charge is 0.462 e. The summed E-state index contributed by atoms with van der Waals surface area (Å²) >= 11 is 0. The van der Waals surface area contributed by atoms with Crippen molar-refractivity contribution in [2.24, 2.45) is 34.5 Å². The van der Waals surface area contributed by atoms with Crippen LogP contribution in [0, 0.1) is 45.8 Å². The van der Waals surface area contributed by atoms with Gasteiger partial charge in [0.05, 0.1) is 12.2 Å². The van der Waals surface area contributed by atoms with Gasteiger partial charge in [-0.05, 0) is 80.0 Å². The van der Waals surface area contributed by atoms with Crippen LogP contribution in [0.3, 0.4) is 0 Å². The third kappa shape index (κ3) is 2.85. The van der Waals surface area contributed by atoms with E-state index in [9.17, 15) is 15.2 Å². The maximum atomic E-state index is 11.8. The van der Waals surface area contributed by atoms with Gasteiger partial charge >= 0.3 is 5.97 Å². The van der Waals surface area contributed by atoms with E-state index in [-0.39, 0.29) is 34.9 Å². The lowest BCUT2D eigenvalue weighted by atomic mass is 9.44. The molecule has 0 radical (unpaired) electrons. The van der Waals surface area contributed by atoms with Crippen LogP contribution in [-0.2, 0) is 9.53 Å². The van der Waals surface area contributed by atoms with Gasteiger partial charge in [0.2, 0.25) is 0 Å². The fourth-order valence-electron chi connectivity index (χ4n) is 7.75. The number of rotatable bonds is 1. The number of nitriles is 1. The zero-order valence-corrected chi connectivity index (χ0v) is 16.9. The summed E-state index contributed by atoms with van der Waals surface area (Å²) in [6.45, 7) is 6.28. The van der Waals surface area contributed by atoms with Crippen molar-refractivity contribution in [3.63, 3.8) is 0 Å². The van der Waals surface area contributed by atoms with Crippen LogP contribution in [0.1, 0.15) is 72.1 Å². The highest BCUT2D eigenvalue weighted by Gasteiger charge is 2.61. The summed E-state index contributed by atoms with van der Waals surface area (Å²) in [5, 5.41) is 19.5. The third-order valence-electron chi connectivity index (χ3n) is 9.03. The first kappa shape index (κ1) is 19.0. The second-order valence-electron chi connectivity index (χ2n) is 10.1. The van der Waals surface area contributed by atoms with E-state index in [0.29, 0.717) is 17.8 Å². The number of hydrogen-bond acceptors (Lipinski definition) is 4. The number of carbonyl (C=O) groups is 1. The maximum Gasteiger partial charge on any atom is 0.302 e. The molecule has 4 saturated carbocycles. The van der Waals surface area contributed by atoms with Crippen LogP contribution in [0.25, 0.3) is 0 Å². The second-order valence-corrected chi connectivity index (χ2v) is 10.1. The Balaban J connectivity index is 1.69. The molecule has 0 aromatic rings. The maximum absolute atomic E-state index is 11.8. The minimum absolute atomic E-state index is 0.0740. The van der Waals surface area contributed by atoms with Crippen molar-refractivity contribution < 1.29 is 14.6 Å². The minimum Gasteiger partial charge on any atom is -0.462 e. The molecule has 4 nitrogen and oxygen atoms in total. The van der Waals surface area contributed by atoms with E-state index in [2.05, 4.69) is 19.9 Å². The highest BCUT2D eigenvalue weighted by molar-refractivity contribution is 5.66. The topological polar surface area (TPSA) is 70.3 Å². The molecule has 4 fully saturated rings. The van der Waals surface area contributed by atoms with E-state index >= 15 is 0 Å². The van der Waals surface area contributed by atoms with Crippen LogP contribution in [0.2, 0.25) is 0 Å². The van der Waals surface area contributed by atoms with E-state index in [0.717, 1.165) is 44.9 Å². The Labute approximate surface area is 163 Å². The van der Waals surface area contributed by atoms with Crippen molar-refractivity contribution in [1.82, 2.24) is 0 Å². The molecule has 0 bridgehead atoms. The molecule has 0 amide bonds. The lowest BCUT2D eigenvalue weighted by molar-refractivity contribution is -0.188. The molecule has 27 heavy (non-hydrogen) atoms. The molecule has 0 saturated heterocycles. The second kappa shape index (κ2) is 6.62. The number of allylic oxidation sites excluding steroid dienone is 2. The summed E-state index contributed by atoms with van der Waals surface area (Å²) in [6, 6.07) is 2.27. The van der Waals surface area contributed by atoms with Gasteiger partial charge in [0.25, 0.3) is 0 Å². The highest BCUT2D eigenvalue weighted by atomic mass is 16.5. The van der Waals surface area contributed by atoms with Gasteiger partial charge in [0.1, 0.15) is 6.10 Å². The Morgan fingerprint density at radius 2 is 1.96 bits per heavy atom. The van der Waals surface area contributed by atoms with Crippen LogP contribution in [-0.4, -0.2) is 23.3 Å². The van der Waals surface area contributed by atoms with Crippen molar-refractivity contribution in [2.75, 3.05) is 0 Å². The molecule has 0 heterocycles. The number of ether oxygens (including phenoxy) is 1. The molecule has 148 valence electrons. The zero-order chi connectivity index (χ0) is 19.4. The number of esters is 1. The molecule has 0 aromatic heterocycles. The van der Waals surface area contributed by atoms with E-state index < -0.39 is 0 Å². The molecule has 4 aliphatic carbocycles. The van der Waals surface area contributed by atoms with Crippen molar-refractivity contribution >= 4 is 5.97 Å². The molecule has 0 aromatic carbocycles. The Kier molecular flexibility index (Phi) is 4.66. The van der Waals surface area contributed by atoms with Gasteiger partial charge in [-0.2, -0.15) is 5.26 Å². The summed E-state index contributed by atoms with van der Waals surface area (Å²) in [5.41, 5.74) is 1.61. The van der Waals surface area contributed by atoms with Gasteiger partial charge in [-0.15, -0.1) is 0 Å². The molecule has 1 N–H and O–H groups in total. The fourth-order valence-corrected chi connectivity index (χ4v) is 7.75. The van der Waals surface area contributed by atoms with Crippen LogP contribution >= 0.6 is 0 Å². The fraction of sp³-hybridized carbons (Fsp3) is 0.826. The molecule has 8 atom stereocenters. The molecule has 0 unspecified atom stereocenters. The van der Waals surface area contributed by atoms with Crippen molar-refractivity contribution in [3.8, 4) is 6.07 Å². The number of nitrogens with zero attached hydrogens (tertiary/aromatic N) is 1. The number of aliphatic hydroxyl groups excluding tert-OH is 1. The Bertz CT molecular complexity index is 694. The van der Waals surface area contributed by atoms with Gasteiger partial charge in [-0.1, -0.05) is 19.4 Å². The average Bonchev–Trinajstić information content (AvgIpc) is 2.93. The van der Waals surface area contributed by atoms with Crippen LogP contribution in [0.4, 0.5) is 0 Å². The molecule has 4 rings (SSSR count). The summed E-state index contributed by atoms with van der Waals surface area (Å²) in [4.78, 5) is 11.8. The van der Waals surface area contributed by atoms with E-state index in [1.54, 1.807) is 6.08 Å². The molecule has 4 aliphatic rings. The first-order chi connectivity index (χ1) is 12.8. The number of aliphatic hydroxyl groups is 1. The lowest BCUT2D eigenvalue weighted by Crippen LogP contribution is -2.58. The van der Waals surface area contributed by atoms with Gasteiger partial charge < -0.3 is 9.84 Å². The molecular weight excluding hydrogens is 338 g/mol. The Hall–Kier alpha value is -1.34. The van der Waals surface area contributed by atoms with Crippen LogP contribution in [0.5, 0.6) is 0 Å². The van der Waals surface area contributed by atoms with E-state index in [1.807, 2.05) is 0 Å². The summed E-state index contributed by atoms with van der Waals surface area (Å²) in [7, 11) is 0.